The van der Waals surface area contributed by atoms with Gasteiger partial charge in [-0.05, 0) is 46.8 Å². The number of rotatable bonds is 14. The molecule has 0 spiro atoms. The monoisotopic (exact) mass is 317 g/mol. The van der Waals surface area contributed by atoms with Gasteiger partial charge in [0.25, 0.3) is 0 Å². The number of unbranched alkanes of at least 4 members (excludes halogenated alkanes) is 9. The van der Waals surface area contributed by atoms with Crippen molar-refractivity contribution >= 4 is 0 Å². The van der Waals surface area contributed by atoms with E-state index in [1.54, 1.807) is 6.92 Å². The van der Waals surface area contributed by atoms with E-state index in [-0.39, 0.29) is 12.7 Å². The van der Waals surface area contributed by atoms with Gasteiger partial charge in [-0.2, -0.15) is 0 Å². The normalized spacial score (nSPS) is 12.1. The summed E-state index contributed by atoms with van der Waals surface area (Å²) < 4.78 is 0. The highest BCUT2D eigenvalue weighted by Gasteiger charge is 1.93. The van der Waals surface area contributed by atoms with E-state index >= 15 is 0 Å². The predicted molar refractivity (Wildman–Crippen MR) is 98.4 cm³/mol. The topological polar surface area (TPSA) is 43.7 Å². The van der Waals surface area contributed by atoms with E-state index in [2.05, 4.69) is 25.9 Å². The quantitative estimate of drug-likeness (QED) is 0.460. The van der Waals surface area contributed by atoms with Crippen LogP contribution in [-0.2, 0) is 0 Å². The van der Waals surface area contributed by atoms with Crippen molar-refractivity contribution in [2.45, 2.75) is 97.0 Å². The molecule has 2 N–H and O–H groups in total. The van der Waals surface area contributed by atoms with Gasteiger partial charge < -0.3 is 15.1 Å². The van der Waals surface area contributed by atoms with Crippen LogP contribution in [0.15, 0.2) is 0 Å². The Morgan fingerprint density at radius 2 is 1.23 bits per heavy atom. The molecule has 0 saturated heterocycles. The molecule has 0 amide bonds. The zero-order valence-corrected chi connectivity index (χ0v) is 15.8. The first-order chi connectivity index (χ1) is 10.5. The Morgan fingerprint density at radius 3 is 1.55 bits per heavy atom. The van der Waals surface area contributed by atoms with Gasteiger partial charge in [0.15, 0.2) is 0 Å². The van der Waals surface area contributed by atoms with Crippen molar-refractivity contribution in [2.75, 3.05) is 27.2 Å². The number of aliphatic hydroxyl groups is 2. The van der Waals surface area contributed by atoms with Crippen LogP contribution in [0.1, 0.15) is 90.9 Å². The Bertz CT molecular complexity index is 184. The molecule has 0 aliphatic heterocycles. The molecule has 0 fully saturated rings. The summed E-state index contributed by atoms with van der Waals surface area (Å²) in [6, 6.07) is 0. The van der Waals surface area contributed by atoms with Crippen molar-refractivity contribution < 1.29 is 10.2 Å². The molecule has 1 unspecified atom stereocenters. The fraction of sp³-hybridized carbons (Fsp3) is 1.00. The van der Waals surface area contributed by atoms with Crippen LogP contribution in [0.3, 0.4) is 0 Å². The minimum absolute atomic E-state index is 0.185. The van der Waals surface area contributed by atoms with E-state index in [0.29, 0.717) is 12.8 Å². The lowest BCUT2D eigenvalue weighted by Gasteiger charge is -2.08. The molecule has 0 aliphatic rings. The van der Waals surface area contributed by atoms with E-state index in [9.17, 15) is 0 Å². The van der Waals surface area contributed by atoms with Crippen LogP contribution in [0.4, 0.5) is 0 Å². The Labute approximate surface area is 140 Å². The molecule has 0 aliphatic carbocycles. The highest BCUT2D eigenvalue weighted by Crippen LogP contribution is 2.10. The van der Waals surface area contributed by atoms with E-state index < -0.39 is 0 Å². The second-order valence-corrected chi connectivity index (χ2v) is 6.70. The standard InChI is InChI=1S/C14H31N.C5H12O2/c1-4-5-6-7-8-9-10-11-12-13-14-15(2)3;1-5(7)3-2-4-6/h4-14H2,1-3H3;5-7H,2-4H2,1H3. The van der Waals surface area contributed by atoms with Gasteiger partial charge in [0, 0.05) is 6.61 Å². The summed E-state index contributed by atoms with van der Waals surface area (Å²) in [4.78, 5) is 2.28. The molecule has 0 saturated carbocycles. The Kier molecular flexibility index (Phi) is 22.9. The lowest BCUT2D eigenvalue weighted by Crippen LogP contribution is -2.12. The fourth-order valence-electron chi connectivity index (χ4n) is 2.30. The third kappa shape index (κ3) is 28.1. The number of aliphatic hydroxyl groups excluding tert-OH is 2. The van der Waals surface area contributed by atoms with Crippen LogP contribution in [0.25, 0.3) is 0 Å². The summed E-state index contributed by atoms with van der Waals surface area (Å²) >= 11 is 0. The van der Waals surface area contributed by atoms with Gasteiger partial charge in [-0.25, -0.2) is 0 Å². The molecular formula is C19H43NO2. The first-order valence-corrected chi connectivity index (χ1v) is 9.48. The predicted octanol–water partition coefficient (Wildman–Crippen LogP) is 4.61. The molecule has 0 rings (SSSR count). The minimum atomic E-state index is -0.257. The molecular weight excluding hydrogens is 274 g/mol. The second kappa shape index (κ2) is 20.9. The number of hydrogen-bond donors (Lipinski definition) is 2. The van der Waals surface area contributed by atoms with Gasteiger partial charge in [-0.1, -0.05) is 64.7 Å². The summed E-state index contributed by atoms with van der Waals surface area (Å²) in [6.07, 6.45) is 15.5. The van der Waals surface area contributed by atoms with Crippen LogP contribution in [0.5, 0.6) is 0 Å². The summed E-state index contributed by atoms with van der Waals surface area (Å²) in [6.45, 7) is 5.45. The van der Waals surface area contributed by atoms with Crippen LogP contribution in [0.2, 0.25) is 0 Å². The van der Waals surface area contributed by atoms with Crippen LogP contribution >= 0.6 is 0 Å². The zero-order valence-electron chi connectivity index (χ0n) is 15.8. The maximum atomic E-state index is 8.57. The average Bonchev–Trinajstić information content (AvgIpc) is 2.47. The van der Waals surface area contributed by atoms with Crippen molar-refractivity contribution in [3.05, 3.63) is 0 Å². The lowest BCUT2D eigenvalue weighted by molar-refractivity contribution is 0.167. The highest BCUT2D eigenvalue weighted by molar-refractivity contribution is 4.49. The molecule has 0 radical (unpaired) electrons. The highest BCUT2D eigenvalue weighted by atomic mass is 16.3. The van der Waals surface area contributed by atoms with Crippen LogP contribution in [-0.4, -0.2) is 48.5 Å². The first-order valence-electron chi connectivity index (χ1n) is 9.48. The first kappa shape index (κ1) is 24.1. The van der Waals surface area contributed by atoms with Gasteiger partial charge >= 0.3 is 0 Å². The molecule has 1 atom stereocenters. The molecule has 0 aromatic carbocycles. The van der Waals surface area contributed by atoms with E-state index in [0.717, 1.165) is 0 Å². The SMILES string of the molecule is CC(O)CCCO.CCCCCCCCCCCCN(C)C. The lowest BCUT2D eigenvalue weighted by atomic mass is 10.1. The zero-order chi connectivity index (χ0) is 17.1. The summed E-state index contributed by atoms with van der Waals surface area (Å²) in [5.41, 5.74) is 0. The van der Waals surface area contributed by atoms with Gasteiger partial charge in [0.1, 0.15) is 0 Å². The molecule has 22 heavy (non-hydrogen) atoms. The van der Waals surface area contributed by atoms with Gasteiger partial charge in [-0.3, -0.25) is 0 Å². The molecule has 3 heteroatoms. The molecule has 136 valence electrons. The van der Waals surface area contributed by atoms with Crippen LogP contribution in [0, 0.1) is 0 Å². The maximum Gasteiger partial charge on any atom is 0.0513 e. The number of nitrogens with zero attached hydrogens (tertiary/aromatic N) is 1. The molecule has 0 aromatic heterocycles. The number of hydrogen-bond acceptors (Lipinski definition) is 3. The van der Waals surface area contributed by atoms with Crippen molar-refractivity contribution in [1.29, 1.82) is 0 Å². The van der Waals surface area contributed by atoms with Crippen molar-refractivity contribution in [3.63, 3.8) is 0 Å². The second-order valence-electron chi connectivity index (χ2n) is 6.70. The smallest absolute Gasteiger partial charge is 0.0513 e. The van der Waals surface area contributed by atoms with E-state index in [4.69, 9.17) is 10.2 Å². The largest absolute Gasteiger partial charge is 0.396 e. The summed E-state index contributed by atoms with van der Waals surface area (Å²) in [5, 5.41) is 16.8. The summed E-state index contributed by atoms with van der Waals surface area (Å²) in [7, 11) is 4.32. The summed E-state index contributed by atoms with van der Waals surface area (Å²) in [5.74, 6) is 0. The third-order valence-electron chi connectivity index (χ3n) is 3.74. The fourth-order valence-corrected chi connectivity index (χ4v) is 2.30. The van der Waals surface area contributed by atoms with E-state index in [1.807, 2.05) is 0 Å². The Balaban J connectivity index is 0. The molecule has 3 nitrogen and oxygen atoms in total. The van der Waals surface area contributed by atoms with Gasteiger partial charge in [0.2, 0.25) is 0 Å². The Hall–Kier alpha value is -0.120. The average molecular weight is 318 g/mol. The van der Waals surface area contributed by atoms with Crippen LogP contribution < -0.4 is 0 Å². The molecule has 0 bridgehead atoms. The van der Waals surface area contributed by atoms with Gasteiger partial charge in [0.05, 0.1) is 6.10 Å². The van der Waals surface area contributed by atoms with Crippen molar-refractivity contribution in [1.82, 2.24) is 4.90 Å². The maximum absolute atomic E-state index is 8.57. The van der Waals surface area contributed by atoms with Crippen molar-refractivity contribution in [2.24, 2.45) is 0 Å². The Morgan fingerprint density at radius 1 is 0.773 bits per heavy atom. The van der Waals surface area contributed by atoms with Crippen molar-refractivity contribution in [3.8, 4) is 0 Å². The van der Waals surface area contributed by atoms with E-state index in [1.165, 1.54) is 70.8 Å². The third-order valence-corrected chi connectivity index (χ3v) is 3.74. The van der Waals surface area contributed by atoms with Gasteiger partial charge in [-0.15, -0.1) is 0 Å². The minimum Gasteiger partial charge on any atom is -0.396 e. The molecule has 0 aromatic rings. The molecule has 0 heterocycles.